The zero-order valence-electron chi connectivity index (χ0n) is 7.74. The molecule has 2 amide bonds. The standard InChI is InChI=1S/C8H11N5O/c1-10-8(14)13-12-7(9)6-4-2-3-5-11-6/h2-5H,1H3,(H2,9,12)(H2,10,13,14)/p+1. The fraction of sp³-hybridized carbons (Fsp3) is 0.125. The first kappa shape index (κ1) is 9.97. The van der Waals surface area contributed by atoms with Crippen LogP contribution in [-0.4, -0.2) is 18.9 Å². The Morgan fingerprint density at radius 1 is 1.57 bits per heavy atom. The van der Waals surface area contributed by atoms with Crippen molar-refractivity contribution in [2.45, 2.75) is 0 Å². The molecule has 0 aliphatic rings. The second-order valence-electron chi connectivity index (χ2n) is 2.46. The van der Waals surface area contributed by atoms with Crippen LogP contribution in [0.2, 0.25) is 0 Å². The topological polar surface area (TPSA) is 93.7 Å². The van der Waals surface area contributed by atoms with Gasteiger partial charge in [0, 0.05) is 19.2 Å². The third-order valence-corrected chi connectivity index (χ3v) is 1.49. The van der Waals surface area contributed by atoms with Crippen molar-refractivity contribution in [3.63, 3.8) is 0 Å². The Hall–Kier alpha value is -2.11. The third kappa shape index (κ3) is 2.74. The largest absolute Gasteiger partial charge is 0.377 e. The smallest absolute Gasteiger partial charge is 0.334 e. The fourth-order valence-corrected chi connectivity index (χ4v) is 0.780. The number of nitrogens with one attached hydrogen (secondary N) is 3. The Bertz CT molecular complexity index is 335. The zero-order valence-corrected chi connectivity index (χ0v) is 7.74. The lowest BCUT2D eigenvalue weighted by Gasteiger charge is -1.97. The predicted octanol–water partition coefficient (Wildman–Crippen LogP) is -0.950. The number of pyridine rings is 1. The van der Waals surface area contributed by atoms with Crippen LogP contribution in [0, 0.1) is 0 Å². The first-order chi connectivity index (χ1) is 6.74. The summed E-state index contributed by atoms with van der Waals surface area (Å²) in [5.41, 5.74) is 8.44. The van der Waals surface area contributed by atoms with Gasteiger partial charge in [0.05, 0.1) is 0 Å². The lowest BCUT2D eigenvalue weighted by atomic mass is 10.3. The SMILES string of the molecule is CNC(=O)NN=C(N)c1cccc[nH+]1. The third-order valence-electron chi connectivity index (χ3n) is 1.49. The minimum Gasteiger partial charge on any atom is -0.377 e. The monoisotopic (exact) mass is 194 g/mol. The summed E-state index contributed by atoms with van der Waals surface area (Å²) in [6, 6.07) is 4.98. The van der Waals surface area contributed by atoms with Crippen molar-refractivity contribution in [3.8, 4) is 0 Å². The highest BCUT2D eigenvalue weighted by Crippen LogP contribution is 1.86. The molecular formula is C8H12N5O+. The van der Waals surface area contributed by atoms with E-state index in [0.717, 1.165) is 0 Å². The molecule has 0 radical (unpaired) electrons. The molecule has 0 spiro atoms. The van der Waals surface area contributed by atoms with Gasteiger partial charge in [-0.3, -0.25) is 0 Å². The second-order valence-corrected chi connectivity index (χ2v) is 2.46. The summed E-state index contributed by atoms with van der Waals surface area (Å²) in [7, 11) is 1.50. The lowest BCUT2D eigenvalue weighted by Crippen LogP contribution is -2.33. The van der Waals surface area contributed by atoms with Crippen molar-refractivity contribution in [2.24, 2.45) is 10.8 Å². The Balaban J connectivity index is 2.66. The van der Waals surface area contributed by atoms with E-state index in [4.69, 9.17) is 5.73 Å². The van der Waals surface area contributed by atoms with Crippen LogP contribution in [0.15, 0.2) is 29.5 Å². The van der Waals surface area contributed by atoms with Crippen LogP contribution >= 0.6 is 0 Å². The predicted molar refractivity (Wildman–Crippen MR) is 51.3 cm³/mol. The molecule has 74 valence electrons. The van der Waals surface area contributed by atoms with Gasteiger partial charge < -0.3 is 11.1 Å². The van der Waals surface area contributed by atoms with Gasteiger partial charge in [-0.1, -0.05) is 0 Å². The van der Waals surface area contributed by atoms with Crippen LogP contribution in [0.1, 0.15) is 5.69 Å². The van der Waals surface area contributed by atoms with E-state index in [1.165, 1.54) is 7.05 Å². The molecule has 14 heavy (non-hydrogen) atoms. The maximum absolute atomic E-state index is 10.8. The second kappa shape index (κ2) is 4.80. The van der Waals surface area contributed by atoms with Gasteiger partial charge in [-0.15, -0.1) is 5.10 Å². The zero-order chi connectivity index (χ0) is 10.4. The minimum atomic E-state index is -0.413. The molecule has 0 fully saturated rings. The number of hydrogen-bond donors (Lipinski definition) is 3. The molecular weight excluding hydrogens is 182 g/mol. The maximum atomic E-state index is 10.8. The molecule has 0 saturated heterocycles. The van der Waals surface area contributed by atoms with Crippen molar-refractivity contribution in [1.29, 1.82) is 0 Å². The summed E-state index contributed by atoms with van der Waals surface area (Å²) >= 11 is 0. The molecule has 1 aromatic rings. The molecule has 6 nitrogen and oxygen atoms in total. The molecule has 0 bridgehead atoms. The van der Waals surface area contributed by atoms with Gasteiger partial charge in [-0.2, -0.15) is 0 Å². The molecule has 6 heteroatoms. The number of amidine groups is 1. The van der Waals surface area contributed by atoms with E-state index in [1.807, 2.05) is 12.1 Å². The molecule has 0 aromatic carbocycles. The molecule has 1 rings (SSSR count). The summed E-state index contributed by atoms with van der Waals surface area (Å²) in [5, 5.41) is 6.02. The Morgan fingerprint density at radius 3 is 2.93 bits per heavy atom. The molecule has 0 aliphatic heterocycles. The van der Waals surface area contributed by atoms with Crippen molar-refractivity contribution >= 4 is 11.9 Å². The summed E-state index contributed by atoms with van der Waals surface area (Å²) in [4.78, 5) is 13.6. The number of carbonyl (C=O) groups is 1. The van der Waals surface area contributed by atoms with Gasteiger partial charge in [0.2, 0.25) is 11.5 Å². The van der Waals surface area contributed by atoms with E-state index in [2.05, 4.69) is 20.8 Å². The number of urea groups is 1. The van der Waals surface area contributed by atoms with Crippen molar-refractivity contribution < 1.29 is 9.78 Å². The highest BCUT2D eigenvalue weighted by atomic mass is 16.2. The van der Waals surface area contributed by atoms with Crippen LogP contribution in [0.5, 0.6) is 0 Å². The van der Waals surface area contributed by atoms with Crippen LogP contribution in [-0.2, 0) is 0 Å². The van der Waals surface area contributed by atoms with E-state index in [-0.39, 0.29) is 5.84 Å². The number of amides is 2. The average molecular weight is 194 g/mol. The highest BCUT2D eigenvalue weighted by Gasteiger charge is 2.04. The van der Waals surface area contributed by atoms with Crippen LogP contribution in [0.3, 0.4) is 0 Å². The van der Waals surface area contributed by atoms with Crippen LogP contribution < -0.4 is 21.5 Å². The molecule has 0 saturated carbocycles. The first-order valence-corrected chi connectivity index (χ1v) is 4.02. The lowest BCUT2D eigenvalue weighted by molar-refractivity contribution is -0.380. The fourth-order valence-electron chi connectivity index (χ4n) is 0.780. The van der Waals surface area contributed by atoms with Crippen LogP contribution in [0.4, 0.5) is 4.79 Å². The minimum absolute atomic E-state index is 0.217. The van der Waals surface area contributed by atoms with E-state index >= 15 is 0 Å². The number of hydrazone groups is 1. The van der Waals surface area contributed by atoms with E-state index < -0.39 is 6.03 Å². The number of aromatic nitrogens is 1. The number of carbonyl (C=O) groups excluding carboxylic acids is 1. The van der Waals surface area contributed by atoms with Gasteiger partial charge in [-0.25, -0.2) is 15.2 Å². The summed E-state index contributed by atoms with van der Waals surface area (Å²) in [6.07, 6.45) is 1.72. The molecule has 0 atom stereocenters. The van der Waals surface area contributed by atoms with E-state index in [9.17, 15) is 4.79 Å². The first-order valence-electron chi connectivity index (χ1n) is 4.02. The Labute approximate surface area is 81.2 Å². The molecule has 0 aliphatic carbocycles. The van der Waals surface area contributed by atoms with Gasteiger partial charge in [0.1, 0.15) is 0 Å². The number of nitrogens with two attached hydrogens (primary N) is 1. The molecule has 5 N–H and O–H groups in total. The van der Waals surface area contributed by atoms with Gasteiger partial charge in [0.15, 0.2) is 6.20 Å². The van der Waals surface area contributed by atoms with E-state index in [1.54, 1.807) is 12.3 Å². The van der Waals surface area contributed by atoms with Gasteiger partial charge >= 0.3 is 6.03 Å². The average Bonchev–Trinajstić information content (AvgIpc) is 2.26. The Morgan fingerprint density at radius 2 is 2.36 bits per heavy atom. The van der Waals surface area contributed by atoms with Crippen molar-refractivity contribution in [3.05, 3.63) is 30.1 Å². The number of H-pyrrole nitrogens is 1. The quantitative estimate of drug-likeness (QED) is 0.321. The highest BCUT2D eigenvalue weighted by molar-refractivity contribution is 5.94. The molecule has 0 unspecified atom stereocenters. The van der Waals surface area contributed by atoms with Crippen molar-refractivity contribution in [2.75, 3.05) is 7.05 Å². The normalized spacial score (nSPS) is 10.8. The number of nitrogens with zero attached hydrogens (tertiary/aromatic N) is 1. The van der Waals surface area contributed by atoms with Crippen molar-refractivity contribution in [1.82, 2.24) is 10.7 Å². The Kier molecular flexibility index (Phi) is 3.42. The molecule has 1 heterocycles. The van der Waals surface area contributed by atoms with Gasteiger partial charge in [0.25, 0.3) is 0 Å². The van der Waals surface area contributed by atoms with Gasteiger partial charge in [-0.05, 0) is 6.07 Å². The van der Waals surface area contributed by atoms with Crippen LogP contribution in [0.25, 0.3) is 0 Å². The number of rotatable bonds is 2. The summed E-state index contributed by atoms with van der Waals surface area (Å²) in [5.74, 6) is 0.217. The number of hydrogen-bond acceptors (Lipinski definition) is 2. The summed E-state index contributed by atoms with van der Waals surface area (Å²) in [6.45, 7) is 0. The number of aromatic amines is 1. The van der Waals surface area contributed by atoms with E-state index in [0.29, 0.717) is 5.69 Å². The maximum Gasteiger partial charge on any atom is 0.334 e. The summed E-state index contributed by atoms with van der Waals surface area (Å²) < 4.78 is 0. The molecule has 1 aromatic heterocycles.